The van der Waals surface area contributed by atoms with Crippen LogP contribution >= 0.6 is 0 Å². The Labute approximate surface area is 99.9 Å². The number of hydrogen-bond acceptors (Lipinski definition) is 3. The molecule has 1 amide bonds. The number of para-hydroxylation sites is 1. The fraction of sp³-hybridized carbons (Fsp3) is 0.385. The third-order valence-corrected chi connectivity index (χ3v) is 3.04. The first-order valence-corrected chi connectivity index (χ1v) is 5.64. The van der Waals surface area contributed by atoms with Gasteiger partial charge in [-0.1, -0.05) is 12.1 Å². The van der Waals surface area contributed by atoms with E-state index in [-0.39, 0.29) is 24.2 Å². The van der Waals surface area contributed by atoms with Crippen LogP contribution < -0.4 is 4.90 Å². The zero-order valence-electron chi connectivity index (χ0n) is 9.72. The molecule has 0 spiro atoms. The van der Waals surface area contributed by atoms with Gasteiger partial charge in [-0.3, -0.25) is 9.59 Å². The molecule has 1 aliphatic rings. The minimum atomic E-state index is -0.0548. The summed E-state index contributed by atoms with van der Waals surface area (Å²) in [6, 6.07) is 7.08. The van der Waals surface area contributed by atoms with Gasteiger partial charge in [0, 0.05) is 31.1 Å². The normalized spacial score (nSPS) is 19.8. The van der Waals surface area contributed by atoms with E-state index in [1.807, 2.05) is 0 Å². The van der Waals surface area contributed by atoms with E-state index in [4.69, 9.17) is 5.11 Å². The van der Waals surface area contributed by atoms with E-state index in [1.54, 1.807) is 29.2 Å². The molecular formula is C13H15NO3. The summed E-state index contributed by atoms with van der Waals surface area (Å²) in [6.45, 7) is 1.98. The van der Waals surface area contributed by atoms with Crippen molar-refractivity contribution in [1.82, 2.24) is 0 Å². The molecule has 1 aromatic carbocycles. The Morgan fingerprint density at radius 2 is 2.18 bits per heavy atom. The maximum Gasteiger partial charge on any atom is 0.227 e. The molecule has 1 heterocycles. The summed E-state index contributed by atoms with van der Waals surface area (Å²) in [6.07, 6.45) is 0.350. The number of hydrogen-bond donors (Lipinski definition) is 1. The predicted octanol–water partition coefficient (Wildman–Crippen LogP) is 1.23. The molecule has 1 saturated heterocycles. The summed E-state index contributed by atoms with van der Waals surface area (Å²) in [5.41, 5.74) is 1.21. The molecule has 17 heavy (non-hydrogen) atoms. The van der Waals surface area contributed by atoms with Crippen LogP contribution in [0.4, 0.5) is 5.69 Å². The first-order valence-electron chi connectivity index (χ1n) is 5.64. The van der Waals surface area contributed by atoms with Crippen LogP contribution in [0, 0.1) is 5.92 Å². The zero-order valence-corrected chi connectivity index (χ0v) is 9.72. The van der Waals surface area contributed by atoms with Gasteiger partial charge in [-0.05, 0) is 19.1 Å². The standard InChI is InChI=1S/C13H15NO3/c1-9(16)11-4-2-3-5-12(11)14-7-10(8-15)6-13(14)17/h2-5,10,15H,6-8H2,1H3. The molecule has 4 nitrogen and oxygen atoms in total. The number of Topliss-reactive ketones (excluding diaryl/α,β-unsaturated/α-hetero) is 1. The minimum Gasteiger partial charge on any atom is -0.396 e. The zero-order chi connectivity index (χ0) is 12.4. The van der Waals surface area contributed by atoms with Gasteiger partial charge in [-0.2, -0.15) is 0 Å². The van der Waals surface area contributed by atoms with E-state index in [2.05, 4.69) is 0 Å². The van der Waals surface area contributed by atoms with Crippen molar-refractivity contribution in [3.05, 3.63) is 29.8 Å². The molecular weight excluding hydrogens is 218 g/mol. The molecule has 1 fully saturated rings. The fourth-order valence-electron chi connectivity index (χ4n) is 2.14. The molecule has 4 heteroatoms. The number of anilines is 1. The number of carbonyl (C=O) groups is 2. The van der Waals surface area contributed by atoms with Crippen LogP contribution in [0.2, 0.25) is 0 Å². The van der Waals surface area contributed by atoms with E-state index in [0.29, 0.717) is 24.2 Å². The van der Waals surface area contributed by atoms with Crippen molar-refractivity contribution in [2.24, 2.45) is 5.92 Å². The molecule has 0 saturated carbocycles. The van der Waals surface area contributed by atoms with E-state index < -0.39 is 0 Å². The van der Waals surface area contributed by atoms with E-state index in [1.165, 1.54) is 6.92 Å². The number of ketones is 1. The summed E-state index contributed by atoms with van der Waals surface area (Å²) in [5, 5.41) is 9.08. The summed E-state index contributed by atoms with van der Waals surface area (Å²) < 4.78 is 0. The van der Waals surface area contributed by atoms with Gasteiger partial charge in [0.05, 0.1) is 5.69 Å². The number of nitrogens with zero attached hydrogens (tertiary/aromatic N) is 1. The van der Waals surface area contributed by atoms with Crippen molar-refractivity contribution in [2.45, 2.75) is 13.3 Å². The lowest BCUT2D eigenvalue weighted by Crippen LogP contribution is -2.26. The van der Waals surface area contributed by atoms with Crippen LogP contribution in [0.3, 0.4) is 0 Å². The van der Waals surface area contributed by atoms with E-state index in [0.717, 1.165) is 0 Å². The smallest absolute Gasteiger partial charge is 0.227 e. The Kier molecular flexibility index (Phi) is 3.24. The quantitative estimate of drug-likeness (QED) is 0.799. The van der Waals surface area contributed by atoms with Crippen molar-refractivity contribution < 1.29 is 14.7 Å². The second-order valence-electron chi connectivity index (χ2n) is 4.33. The molecule has 0 aliphatic carbocycles. The van der Waals surface area contributed by atoms with Gasteiger partial charge >= 0.3 is 0 Å². The van der Waals surface area contributed by atoms with Crippen molar-refractivity contribution in [2.75, 3.05) is 18.1 Å². The summed E-state index contributed by atoms with van der Waals surface area (Å²) in [5.74, 6) is -0.110. The monoisotopic (exact) mass is 233 g/mol. The Hall–Kier alpha value is -1.68. The number of aliphatic hydroxyl groups excluding tert-OH is 1. The summed E-state index contributed by atoms with van der Waals surface area (Å²) in [4.78, 5) is 24.9. The predicted molar refractivity (Wildman–Crippen MR) is 64.0 cm³/mol. The Balaban J connectivity index is 2.35. The first kappa shape index (κ1) is 11.8. The van der Waals surface area contributed by atoms with Gasteiger partial charge in [0.1, 0.15) is 0 Å². The molecule has 1 N–H and O–H groups in total. The van der Waals surface area contributed by atoms with Crippen LogP contribution in [0.25, 0.3) is 0 Å². The molecule has 1 aromatic rings. The van der Waals surface area contributed by atoms with Crippen molar-refractivity contribution in [1.29, 1.82) is 0 Å². The highest BCUT2D eigenvalue weighted by Gasteiger charge is 2.31. The van der Waals surface area contributed by atoms with Crippen molar-refractivity contribution in [3.63, 3.8) is 0 Å². The molecule has 0 bridgehead atoms. The van der Waals surface area contributed by atoms with Crippen LogP contribution in [-0.4, -0.2) is 29.9 Å². The highest BCUT2D eigenvalue weighted by atomic mass is 16.3. The average Bonchev–Trinajstić information content (AvgIpc) is 2.70. The molecule has 0 radical (unpaired) electrons. The summed E-state index contributed by atoms with van der Waals surface area (Å²) in [7, 11) is 0. The second-order valence-corrected chi connectivity index (χ2v) is 4.33. The highest BCUT2D eigenvalue weighted by Crippen LogP contribution is 2.28. The van der Waals surface area contributed by atoms with Gasteiger partial charge < -0.3 is 10.0 Å². The van der Waals surface area contributed by atoms with Crippen LogP contribution in [-0.2, 0) is 4.79 Å². The maximum atomic E-state index is 11.8. The third kappa shape index (κ3) is 2.22. The average molecular weight is 233 g/mol. The molecule has 1 unspecified atom stereocenters. The van der Waals surface area contributed by atoms with Gasteiger partial charge in [0.2, 0.25) is 5.91 Å². The van der Waals surface area contributed by atoms with Crippen LogP contribution in [0.1, 0.15) is 23.7 Å². The van der Waals surface area contributed by atoms with Gasteiger partial charge in [-0.15, -0.1) is 0 Å². The maximum absolute atomic E-state index is 11.8. The number of amides is 1. The van der Waals surface area contributed by atoms with E-state index >= 15 is 0 Å². The Morgan fingerprint density at radius 3 is 2.76 bits per heavy atom. The van der Waals surface area contributed by atoms with Gasteiger partial charge in [0.25, 0.3) is 0 Å². The summed E-state index contributed by atoms with van der Waals surface area (Å²) >= 11 is 0. The van der Waals surface area contributed by atoms with Crippen molar-refractivity contribution in [3.8, 4) is 0 Å². The Bertz CT molecular complexity index is 456. The van der Waals surface area contributed by atoms with Gasteiger partial charge in [0.15, 0.2) is 5.78 Å². The lowest BCUT2D eigenvalue weighted by atomic mass is 10.1. The number of carbonyl (C=O) groups excluding carboxylic acids is 2. The minimum absolute atomic E-state index is 0.00444. The SMILES string of the molecule is CC(=O)c1ccccc1N1CC(CO)CC1=O. The first-order chi connectivity index (χ1) is 8.13. The topological polar surface area (TPSA) is 57.6 Å². The van der Waals surface area contributed by atoms with Gasteiger partial charge in [-0.25, -0.2) is 0 Å². The third-order valence-electron chi connectivity index (χ3n) is 3.04. The van der Waals surface area contributed by atoms with Crippen molar-refractivity contribution >= 4 is 17.4 Å². The number of rotatable bonds is 3. The molecule has 0 aromatic heterocycles. The fourth-order valence-corrected chi connectivity index (χ4v) is 2.14. The molecule has 90 valence electrons. The second kappa shape index (κ2) is 4.67. The largest absolute Gasteiger partial charge is 0.396 e. The molecule has 1 aliphatic heterocycles. The lowest BCUT2D eigenvalue weighted by molar-refractivity contribution is -0.117. The van der Waals surface area contributed by atoms with Crippen LogP contribution in [0.5, 0.6) is 0 Å². The highest BCUT2D eigenvalue weighted by molar-refractivity contribution is 6.05. The number of benzene rings is 1. The number of aliphatic hydroxyl groups is 1. The molecule has 1 atom stereocenters. The lowest BCUT2D eigenvalue weighted by Gasteiger charge is -2.19. The van der Waals surface area contributed by atoms with E-state index in [9.17, 15) is 9.59 Å². The van der Waals surface area contributed by atoms with Crippen LogP contribution in [0.15, 0.2) is 24.3 Å². The Morgan fingerprint density at radius 1 is 1.47 bits per heavy atom. The molecule has 2 rings (SSSR count).